The molecule has 0 spiro atoms. The smallest absolute Gasteiger partial charge is 0.352 e. The van der Waals surface area contributed by atoms with Crippen LogP contribution in [0.1, 0.15) is 17.4 Å². The molecular weight excluding hydrogens is 318 g/mol. The second-order valence-corrected chi connectivity index (χ2v) is 6.18. The van der Waals surface area contributed by atoms with Crippen LogP contribution in [-0.2, 0) is 10.0 Å². The van der Waals surface area contributed by atoms with Crippen molar-refractivity contribution in [2.45, 2.75) is 11.8 Å². The number of rotatable bonds is 5. The lowest BCUT2D eigenvalue weighted by atomic mass is 10.3. The fourth-order valence-corrected chi connectivity index (χ4v) is 3.37. The minimum absolute atomic E-state index is 0.0407. The molecule has 2 N–H and O–H groups in total. The Kier molecular flexibility index (Phi) is 4.18. The summed E-state index contributed by atoms with van der Waals surface area (Å²) in [5.74, 6) is -3.57. The van der Waals surface area contributed by atoms with Crippen molar-refractivity contribution in [3.63, 3.8) is 0 Å². The number of sulfonamides is 1. The minimum atomic E-state index is -4.10. The minimum Gasteiger partial charge on any atom is -0.477 e. The number of aromatic amines is 1. The molecule has 1 aromatic heterocycles. The maximum atomic E-state index is 13.3. The predicted octanol–water partition coefficient (Wildman–Crippen LogP) is 2.21. The van der Waals surface area contributed by atoms with Gasteiger partial charge in [0.15, 0.2) is 11.6 Å². The summed E-state index contributed by atoms with van der Waals surface area (Å²) in [6, 6.07) is 3.67. The van der Waals surface area contributed by atoms with Crippen molar-refractivity contribution in [1.29, 1.82) is 0 Å². The zero-order valence-corrected chi connectivity index (χ0v) is 12.2. The van der Waals surface area contributed by atoms with E-state index in [9.17, 15) is 22.0 Å². The van der Waals surface area contributed by atoms with Gasteiger partial charge in [0, 0.05) is 18.8 Å². The molecule has 0 bridgehead atoms. The van der Waals surface area contributed by atoms with Crippen molar-refractivity contribution in [2.75, 3.05) is 10.8 Å². The monoisotopic (exact) mass is 330 g/mol. The van der Waals surface area contributed by atoms with Crippen molar-refractivity contribution < 1.29 is 27.1 Å². The van der Waals surface area contributed by atoms with Crippen LogP contribution in [0.15, 0.2) is 35.4 Å². The molecule has 2 rings (SSSR count). The molecule has 0 saturated carbocycles. The van der Waals surface area contributed by atoms with Gasteiger partial charge in [0.25, 0.3) is 10.0 Å². The standard InChI is InChI=1S/C13H12F2N2O4S/c1-2-17(8-3-4-10(14)11(15)5-8)22(20,21)9-6-12(13(18)19)16-7-9/h3-7,16H,2H2,1H3,(H,18,19). The van der Waals surface area contributed by atoms with E-state index in [0.717, 1.165) is 34.8 Å². The Balaban J connectivity index is 2.47. The average molecular weight is 330 g/mol. The van der Waals surface area contributed by atoms with E-state index in [1.165, 1.54) is 6.92 Å². The van der Waals surface area contributed by atoms with Gasteiger partial charge in [-0.1, -0.05) is 0 Å². The summed E-state index contributed by atoms with van der Waals surface area (Å²) in [4.78, 5) is 12.8. The third-order valence-corrected chi connectivity index (χ3v) is 4.83. The maximum absolute atomic E-state index is 13.3. The zero-order valence-electron chi connectivity index (χ0n) is 11.4. The number of anilines is 1. The summed E-state index contributed by atoms with van der Waals surface area (Å²) in [6.45, 7) is 1.48. The summed E-state index contributed by atoms with van der Waals surface area (Å²) >= 11 is 0. The number of hydrogen-bond donors (Lipinski definition) is 2. The van der Waals surface area contributed by atoms with Crippen molar-refractivity contribution >= 4 is 21.7 Å². The molecule has 0 amide bonds. The van der Waals surface area contributed by atoms with Crippen molar-refractivity contribution in [3.8, 4) is 0 Å². The van der Waals surface area contributed by atoms with Gasteiger partial charge in [-0.05, 0) is 25.1 Å². The number of benzene rings is 1. The lowest BCUT2D eigenvalue weighted by molar-refractivity contribution is 0.0691. The number of H-pyrrole nitrogens is 1. The lowest BCUT2D eigenvalue weighted by Gasteiger charge is -2.22. The summed E-state index contributed by atoms with van der Waals surface area (Å²) in [7, 11) is -4.10. The van der Waals surface area contributed by atoms with Gasteiger partial charge < -0.3 is 10.1 Å². The number of aromatic carboxylic acids is 1. The van der Waals surface area contributed by atoms with Crippen LogP contribution in [-0.4, -0.2) is 31.0 Å². The van der Waals surface area contributed by atoms with Crippen LogP contribution >= 0.6 is 0 Å². The molecule has 6 nitrogen and oxygen atoms in total. The Bertz CT molecular complexity index is 817. The van der Waals surface area contributed by atoms with Crippen LogP contribution < -0.4 is 4.31 Å². The Hall–Kier alpha value is -2.42. The van der Waals surface area contributed by atoms with E-state index in [0.29, 0.717) is 0 Å². The molecule has 118 valence electrons. The highest BCUT2D eigenvalue weighted by molar-refractivity contribution is 7.92. The van der Waals surface area contributed by atoms with Gasteiger partial charge in [-0.2, -0.15) is 0 Å². The Morgan fingerprint density at radius 3 is 2.45 bits per heavy atom. The highest BCUT2D eigenvalue weighted by atomic mass is 32.2. The van der Waals surface area contributed by atoms with E-state index < -0.39 is 27.6 Å². The summed E-state index contributed by atoms with van der Waals surface area (Å²) in [6.07, 6.45) is 1.03. The highest BCUT2D eigenvalue weighted by Gasteiger charge is 2.26. The molecule has 0 aliphatic carbocycles. The number of aromatic nitrogens is 1. The summed E-state index contributed by atoms with van der Waals surface area (Å²) < 4.78 is 52.1. The quantitative estimate of drug-likeness (QED) is 0.879. The third-order valence-electron chi connectivity index (χ3n) is 2.95. The molecule has 1 aromatic carbocycles. The molecule has 0 fully saturated rings. The van der Waals surface area contributed by atoms with Gasteiger partial charge in [-0.3, -0.25) is 4.31 Å². The van der Waals surface area contributed by atoms with Gasteiger partial charge in [0.2, 0.25) is 0 Å². The topological polar surface area (TPSA) is 90.5 Å². The van der Waals surface area contributed by atoms with Crippen LogP contribution in [0.5, 0.6) is 0 Å². The predicted molar refractivity (Wildman–Crippen MR) is 74.3 cm³/mol. The first-order valence-corrected chi connectivity index (χ1v) is 7.61. The van der Waals surface area contributed by atoms with E-state index >= 15 is 0 Å². The van der Waals surface area contributed by atoms with Crippen LogP contribution in [0.3, 0.4) is 0 Å². The second kappa shape index (κ2) is 5.76. The lowest BCUT2D eigenvalue weighted by Crippen LogP contribution is -2.30. The summed E-state index contributed by atoms with van der Waals surface area (Å²) in [5, 5.41) is 8.81. The molecule has 2 aromatic rings. The van der Waals surface area contributed by atoms with E-state index in [1.54, 1.807) is 0 Å². The largest absolute Gasteiger partial charge is 0.477 e. The molecule has 9 heteroatoms. The number of hydrogen-bond acceptors (Lipinski definition) is 3. The molecule has 1 heterocycles. The van der Waals surface area contributed by atoms with E-state index in [1.807, 2.05) is 0 Å². The highest BCUT2D eigenvalue weighted by Crippen LogP contribution is 2.25. The molecule has 0 radical (unpaired) electrons. The molecule has 0 atom stereocenters. The second-order valence-electron chi connectivity index (χ2n) is 4.32. The van der Waals surface area contributed by atoms with Crippen molar-refractivity contribution in [1.82, 2.24) is 4.98 Å². The molecule has 0 saturated heterocycles. The number of nitrogens with one attached hydrogen (secondary N) is 1. The number of carboxylic acids is 1. The Morgan fingerprint density at radius 1 is 1.27 bits per heavy atom. The average Bonchev–Trinajstić information content (AvgIpc) is 2.94. The van der Waals surface area contributed by atoms with Gasteiger partial charge in [-0.25, -0.2) is 22.0 Å². The number of carboxylic acid groups (broad SMARTS) is 1. The van der Waals surface area contributed by atoms with E-state index in [-0.39, 0.29) is 22.8 Å². The fourth-order valence-electron chi connectivity index (χ4n) is 1.91. The number of halogens is 2. The Morgan fingerprint density at radius 2 is 1.95 bits per heavy atom. The van der Waals surface area contributed by atoms with Crippen LogP contribution in [0.4, 0.5) is 14.5 Å². The first-order valence-electron chi connectivity index (χ1n) is 6.17. The summed E-state index contributed by atoms with van der Waals surface area (Å²) in [5.41, 5.74) is -0.348. The first-order chi connectivity index (χ1) is 10.3. The molecule has 0 aliphatic rings. The van der Waals surface area contributed by atoms with Crippen LogP contribution in [0.2, 0.25) is 0 Å². The fraction of sp³-hybridized carbons (Fsp3) is 0.154. The maximum Gasteiger partial charge on any atom is 0.352 e. The normalized spacial score (nSPS) is 11.4. The first kappa shape index (κ1) is 16.0. The molecule has 0 unspecified atom stereocenters. The number of nitrogens with zero attached hydrogens (tertiary/aromatic N) is 1. The van der Waals surface area contributed by atoms with E-state index in [4.69, 9.17) is 5.11 Å². The van der Waals surface area contributed by atoms with Gasteiger partial charge in [-0.15, -0.1) is 0 Å². The molecule has 0 aliphatic heterocycles. The van der Waals surface area contributed by atoms with Gasteiger partial charge >= 0.3 is 5.97 Å². The van der Waals surface area contributed by atoms with Gasteiger partial charge in [0.05, 0.1) is 5.69 Å². The van der Waals surface area contributed by atoms with Crippen molar-refractivity contribution in [3.05, 3.63) is 47.8 Å². The Labute approximate surface area is 125 Å². The van der Waals surface area contributed by atoms with Gasteiger partial charge in [0.1, 0.15) is 10.6 Å². The van der Waals surface area contributed by atoms with E-state index in [2.05, 4.69) is 4.98 Å². The van der Waals surface area contributed by atoms with Crippen LogP contribution in [0, 0.1) is 11.6 Å². The number of carbonyl (C=O) groups is 1. The molecule has 22 heavy (non-hydrogen) atoms. The van der Waals surface area contributed by atoms with Crippen LogP contribution in [0.25, 0.3) is 0 Å². The van der Waals surface area contributed by atoms with Crippen molar-refractivity contribution in [2.24, 2.45) is 0 Å². The zero-order chi connectivity index (χ0) is 16.5. The third kappa shape index (κ3) is 2.80. The SMILES string of the molecule is CCN(c1ccc(F)c(F)c1)S(=O)(=O)c1c[nH]c(C(=O)O)c1. The molecular formula is C13H12F2N2O4S.